The maximum Gasteiger partial charge on any atom is 0.330 e. The molecule has 0 aliphatic carbocycles. The van der Waals surface area contributed by atoms with Crippen molar-refractivity contribution in [3.63, 3.8) is 0 Å². The fourth-order valence-electron chi connectivity index (χ4n) is 3.73. The number of rotatable bonds is 12. The van der Waals surface area contributed by atoms with Crippen LogP contribution in [0.3, 0.4) is 0 Å². The van der Waals surface area contributed by atoms with Crippen LogP contribution in [0.5, 0.6) is 0 Å². The van der Waals surface area contributed by atoms with Crippen LogP contribution in [-0.4, -0.2) is 64.4 Å². The van der Waals surface area contributed by atoms with Gasteiger partial charge < -0.3 is 24.3 Å². The van der Waals surface area contributed by atoms with E-state index in [-0.39, 0.29) is 31.7 Å². The van der Waals surface area contributed by atoms with Gasteiger partial charge in [-0.15, -0.1) is 0 Å². The molecule has 1 fully saturated rings. The number of nitrogens with two attached hydrogens (primary N) is 1. The molecule has 0 spiro atoms. The topological polar surface area (TPSA) is 145 Å². The Labute approximate surface area is 195 Å². The molecule has 1 aromatic rings. The molecule has 0 bridgehead atoms. The van der Waals surface area contributed by atoms with Crippen molar-refractivity contribution in [1.29, 1.82) is 5.26 Å². The summed E-state index contributed by atoms with van der Waals surface area (Å²) in [7, 11) is -1.47. The number of aromatic nitrogens is 2. The molecular weight excluding hydrogens is 449 g/mol. The van der Waals surface area contributed by atoms with Crippen molar-refractivity contribution in [3.8, 4) is 6.07 Å². The summed E-state index contributed by atoms with van der Waals surface area (Å²) in [4.78, 5) is 26.5. The first-order valence-corrected chi connectivity index (χ1v) is 12.3. The van der Waals surface area contributed by atoms with Crippen LogP contribution in [0, 0.1) is 18.3 Å². The van der Waals surface area contributed by atoms with E-state index in [1.54, 1.807) is 6.92 Å². The summed E-state index contributed by atoms with van der Waals surface area (Å²) in [5.41, 5.74) is 5.78. The first kappa shape index (κ1) is 27.6. The molecule has 3 N–H and O–H groups in total. The first-order valence-electron chi connectivity index (χ1n) is 11.2. The number of hydrogen-bond acceptors (Lipinski definition) is 9. The Morgan fingerprint density at radius 2 is 1.97 bits per heavy atom. The Balaban J connectivity index is 2.23. The fraction of sp³-hybridized carbons (Fsp3) is 0.762. The molecule has 1 unspecified atom stereocenters. The summed E-state index contributed by atoms with van der Waals surface area (Å²) in [6.07, 6.45) is -0.284. The standard InChI is InChI=1S/C21H36N5O6P/c1-7-29-18-17(23)16(32-20(18)25-11-15(6)19(27)24-21(25)28)12-31-33(30-10-8-9-22)26(13(2)3)14(4)5/h11,13-14,16-18,20H,7-8,10,12,23H2,1-6H3,(H,24,27,28)/t16-,17-,18-,20-,33?/m1/s1. The van der Waals surface area contributed by atoms with Gasteiger partial charge in [-0.05, 0) is 41.5 Å². The lowest BCUT2D eigenvalue weighted by Crippen LogP contribution is -2.44. The van der Waals surface area contributed by atoms with Gasteiger partial charge in [-0.3, -0.25) is 14.3 Å². The van der Waals surface area contributed by atoms with Gasteiger partial charge in [-0.25, -0.2) is 9.46 Å². The van der Waals surface area contributed by atoms with E-state index in [4.69, 9.17) is 29.5 Å². The maximum atomic E-state index is 12.4. The predicted octanol–water partition coefficient (Wildman–Crippen LogP) is 1.77. The van der Waals surface area contributed by atoms with Gasteiger partial charge in [0.05, 0.1) is 31.7 Å². The predicted molar refractivity (Wildman–Crippen MR) is 125 cm³/mol. The highest BCUT2D eigenvalue weighted by molar-refractivity contribution is 7.44. The molecular formula is C21H36N5O6P. The van der Waals surface area contributed by atoms with Crippen LogP contribution >= 0.6 is 8.53 Å². The lowest BCUT2D eigenvalue weighted by molar-refractivity contribution is -0.0697. The molecule has 0 aromatic carbocycles. The van der Waals surface area contributed by atoms with Crippen molar-refractivity contribution in [2.24, 2.45) is 5.73 Å². The van der Waals surface area contributed by atoms with Gasteiger partial charge in [0.2, 0.25) is 0 Å². The molecule has 1 aromatic heterocycles. The van der Waals surface area contributed by atoms with Crippen LogP contribution in [0.2, 0.25) is 0 Å². The largest absolute Gasteiger partial charge is 0.372 e. The highest BCUT2D eigenvalue weighted by Crippen LogP contribution is 2.46. The Morgan fingerprint density at radius 3 is 2.55 bits per heavy atom. The van der Waals surface area contributed by atoms with Gasteiger partial charge in [-0.2, -0.15) is 5.26 Å². The molecule has 11 nitrogen and oxygen atoms in total. The number of ether oxygens (including phenoxy) is 2. The summed E-state index contributed by atoms with van der Waals surface area (Å²) >= 11 is 0. The van der Waals surface area contributed by atoms with Crippen molar-refractivity contribution in [3.05, 3.63) is 32.6 Å². The molecule has 2 rings (SSSR count). The van der Waals surface area contributed by atoms with Crippen molar-refractivity contribution >= 4 is 8.53 Å². The van der Waals surface area contributed by atoms with Crippen molar-refractivity contribution in [2.45, 2.75) is 84.5 Å². The normalized spacial score (nSPS) is 24.0. The van der Waals surface area contributed by atoms with Crippen LogP contribution in [0.25, 0.3) is 0 Å². The average Bonchev–Trinajstić information content (AvgIpc) is 3.04. The smallest absolute Gasteiger partial charge is 0.330 e. The molecule has 1 aliphatic heterocycles. The van der Waals surface area contributed by atoms with Gasteiger partial charge >= 0.3 is 5.69 Å². The molecule has 12 heteroatoms. The molecule has 186 valence electrons. The van der Waals surface area contributed by atoms with E-state index in [1.165, 1.54) is 10.8 Å². The van der Waals surface area contributed by atoms with Gasteiger partial charge in [-0.1, -0.05) is 0 Å². The molecule has 0 amide bonds. The molecule has 0 saturated carbocycles. The Bertz CT molecular complexity index is 906. The summed E-state index contributed by atoms with van der Waals surface area (Å²) in [6, 6.07) is 1.81. The molecule has 1 aliphatic rings. The second-order valence-corrected chi connectivity index (χ2v) is 9.84. The van der Waals surface area contributed by atoms with E-state index < -0.39 is 44.3 Å². The van der Waals surface area contributed by atoms with Gasteiger partial charge in [0.25, 0.3) is 14.1 Å². The third-order valence-electron chi connectivity index (χ3n) is 5.19. The second kappa shape index (κ2) is 12.7. The third kappa shape index (κ3) is 6.93. The van der Waals surface area contributed by atoms with Crippen LogP contribution in [0.4, 0.5) is 0 Å². The number of hydrogen-bond donors (Lipinski definition) is 2. The SMILES string of the molecule is CCO[C@@H]1[C@H](N)[C@@H](COP(OCCC#N)N(C(C)C)C(C)C)O[C@H]1n1cc(C)c(=O)[nH]c1=O. The van der Waals surface area contributed by atoms with Crippen molar-refractivity contribution in [1.82, 2.24) is 14.2 Å². The quantitative estimate of drug-likeness (QED) is 0.334. The average molecular weight is 486 g/mol. The summed E-state index contributed by atoms with van der Waals surface area (Å²) < 4.78 is 27.4. The minimum Gasteiger partial charge on any atom is -0.372 e. The van der Waals surface area contributed by atoms with E-state index in [2.05, 4.69) is 43.4 Å². The summed E-state index contributed by atoms with van der Waals surface area (Å²) in [5, 5.41) is 8.87. The molecule has 2 heterocycles. The van der Waals surface area contributed by atoms with Crippen LogP contribution in [0.15, 0.2) is 15.8 Å². The summed E-state index contributed by atoms with van der Waals surface area (Å²) in [6.45, 7) is 12.4. The minimum atomic E-state index is -1.47. The molecule has 0 radical (unpaired) electrons. The highest BCUT2D eigenvalue weighted by atomic mass is 31.2. The monoisotopic (exact) mass is 485 g/mol. The Morgan fingerprint density at radius 1 is 1.30 bits per heavy atom. The zero-order valence-corrected chi connectivity index (χ0v) is 21.1. The van der Waals surface area contributed by atoms with E-state index in [0.717, 1.165) is 0 Å². The number of nitriles is 1. The highest BCUT2D eigenvalue weighted by Gasteiger charge is 2.45. The van der Waals surface area contributed by atoms with Crippen LogP contribution in [0.1, 0.15) is 52.8 Å². The van der Waals surface area contributed by atoms with Crippen molar-refractivity contribution in [2.75, 3.05) is 19.8 Å². The number of aromatic amines is 1. The van der Waals surface area contributed by atoms with Crippen molar-refractivity contribution < 1.29 is 18.5 Å². The Hall–Kier alpha value is -1.64. The lowest BCUT2D eigenvalue weighted by atomic mass is 10.1. The molecule has 5 atom stereocenters. The zero-order valence-electron chi connectivity index (χ0n) is 20.2. The molecule has 1 saturated heterocycles. The lowest BCUT2D eigenvalue weighted by Gasteiger charge is -2.36. The Kier molecular flexibility index (Phi) is 10.6. The number of nitrogens with zero attached hydrogens (tertiary/aromatic N) is 3. The van der Waals surface area contributed by atoms with Gasteiger partial charge in [0.1, 0.15) is 12.2 Å². The molecule has 33 heavy (non-hydrogen) atoms. The van der Waals surface area contributed by atoms with E-state index in [9.17, 15) is 9.59 Å². The van der Waals surface area contributed by atoms with E-state index >= 15 is 0 Å². The third-order valence-corrected chi connectivity index (χ3v) is 7.27. The van der Waals surface area contributed by atoms with Crippen LogP contribution < -0.4 is 17.0 Å². The second-order valence-electron chi connectivity index (χ2n) is 8.38. The number of H-pyrrole nitrogens is 1. The maximum absolute atomic E-state index is 12.4. The van der Waals surface area contributed by atoms with Crippen LogP contribution in [-0.2, 0) is 18.5 Å². The number of nitrogens with one attached hydrogen (secondary N) is 1. The van der Waals surface area contributed by atoms with Gasteiger partial charge in [0.15, 0.2) is 6.23 Å². The minimum absolute atomic E-state index is 0.118. The zero-order chi connectivity index (χ0) is 24.7. The fourth-order valence-corrected chi connectivity index (χ4v) is 5.35. The number of aryl methyl sites for hydroxylation is 1. The first-order chi connectivity index (χ1) is 15.6. The van der Waals surface area contributed by atoms with E-state index in [1.807, 2.05) is 6.92 Å². The summed E-state index contributed by atoms with van der Waals surface area (Å²) in [5.74, 6) is 0. The van der Waals surface area contributed by atoms with Gasteiger partial charge in [0, 0.05) is 30.5 Å². The van der Waals surface area contributed by atoms with E-state index in [0.29, 0.717) is 12.2 Å².